The summed E-state index contributed by atoms with van der Waals surface area (Å²) >= 11 is 6.49. The number of carbonyl (C=O) groups is 3. The average molecular weight is 715 g/mol. The third kappa shape index (κ3) is 6.87. The van der Waals surface area contributed by atoms with Crippen molar-refractivity contribution in [3.8, 4) is 5.69 Å². The average Bonchev–Trinajstić information content (AvgIpc) is 3.55. The van der Waals surface area contributed by atoms with Crippen molar-refractivity contribution in [2.24, 2.45) is 16.1 Å². The Morgan fingerprint density at radius 2 is 1.88 bits per heavy atom. The molecule has 0 spiro atoms. The molecule has 2 fully saturated rings. The molecular weight excluding hydrogens is 677 g/mol. The van der Waals surface area contributed by atoms with Crippen molar-refractivity contribution in [2.45, 2.75) is 88.6 Å². The van der Waals surface area contributed by atoms with Crippen LogP contribution in [0.4, 0.5) is 18.0 Å². The topological polar surface area (TPSA) is 157 Å². The van der Waals surface area contributed by atoms with E-state index in [-0.39, 0.29) is 37.2 Å². The number of amides is 3. The summed E-state index contributed by atoms with van der Waals surface area (Å²) in [5.74, 6) is -0.692. The fourth-order valence-corrected chi connectivity index (χ4v) is 6.88. The highest BCUT2D eigenvalue weighted by atomic mass is 35.5. The predicted molar refractivity (Wildman–Crippen MR) is 177 cm³/mol. The molecule has 1 aliphatic carbocycles. The molecule has 50 heavy (non-hydrogen) atoms. The first-order valence-corrected chi connectivity index (χ1v) is 16.6. The third-order valence-corrected chi connectivity index (χ3v) is 9.59. The Morgan fingerprint density at radius 1 is 1.16 bits per heavy atom. The summed E-state index contributed by atoms with van der Waals surface area (Å²) in [5, 5.41) is 9.39. The number of piperidine rings is 1. The second-order valence-electron chi connectivity index (χ2n) is 14.2. The molecule has 3 atom stereocenters. The zero-order valence-corrected chi connectivity index (χ0v) is 28.5. The van der Waals surface area contributed by atoms with E-state index in [1.54, 1.807) is 30.3 Å². The van der Waals surface area contributed by atoms with Crippen molar-refractivity contribution < 1.29 is 32.3 Å². The monoisotopic (exact) mass is 714 g/mol. The van der Waals surface area contributed by atoms with Gasteiger partial charge < -0.3 is 21.1 Å². The number of benzene rings is 2. The Bertz CT molecular complexity index is 1810. The van der Waals surface area contributed by atoms with Gasteiger partial charge in [-0.3, -0.25) is 14.5 Å². The van der Waals surface area contributed by atoms with E-state index in [1.807, 2.05) is 38.2 Å². The molecule has 2 aromatic carbocycles. The molecule has 3 amide bonds. The highest BCUT2D eigenvalue weighted by Gasteiger charge is 2.64. The van der Waals surface area contributed by atoms with Gasteiger partial charge in [0.05, 0.1) is 22.8 Å². The van der Waals surface area contributed by atoms with Gasteiger partial charge in [-0.2, -0.15) is 18.3 Å². The molecule has 1 unspecified atom stereocenters. The number of nitrogens with one attached hydrogen (secondary N) is 2. The normalized spacial score (nSPS) is 22.5. The fraction of sp³-hybridized carbons (Fsp3) is 0.471. The quantitative estimate of drug-likeness (QED) is 0.260. The van der Waals surface area contributed by atoms with Crippen LogP contribution in [0, 0.1) is 5.41 Å². The highest BCUT2D eigenvalue weighted by Crippen LogP contribution is 2.49. The van der Waals surface area contributed by atoms with Crippen LogP contribution in [0.2, 0.25) is 5.02 Å². The van der Waals surface area contributed by atoms with Gasteiger partial charge in [-0.05, 0) is 66.3 Å². The van der Waals surface area contributed by atoms with Gasteiger partial charge in [0.25, 0.3) is 5.91 Å². The van der Waals surface area contributed by atoms with Gasteiger partial charge in [0.1, 0.15) is 24.8 Å². The Kier molecular flexibility index (Phi) is 9.08. The summed E-state index contributed by atoms with van der Waals surface area (Å²) in [6, 6.07) is 10.8. The van der Waals surface area contributed by atoms with E-state index in [4.69, 9.17) is 27.1 Å². The minimum absolute atomic E-state index is 0.0182. The van der Waals surface area contributed by atoms with E-state index in [1.165, 1.54) is 22.2 Å². The van der Waals surface area contributed by atoms with Gasteiger partial charge >= 0.3 is 12.3 Å². The smallest absolute Gasteiger partial charge is 0.411 e. The maximum absolute atomic E-state index is 14.9. The van der Waals surface area contributed by atoms with E-state index in [0.717, 1.165) is 18.4 Å². The van der Waals surface area contributed by atoms with E-state index < -0.39 is 47.3 Å². The number of hydrogen-bond acceptors (Lipinski definition) is 8. The lowest BCUT2D eigenvalue weighted by atomic mass is 9.75. The third-order valence-electron chi connectivity index (χ3n) is 9.27. The fourth-order valence-electron chi connectivity index (χ4n) is 6.68. The molecule has 0 radical (unpaired) electrons. The van der Waals surface area contributed by atoms with Gasteiger partial charge in [-0.15, -0.1) is 0 Å². The summed E-state index contributed by atoms with van der Waals surface area (Å²) in [4.78, 5) is 49.7. The van der Waals surface area contributed by atoms with E-state index in [9.17, 15) is 27.6 Å². The molecule has 0 bridgehead atoms. The molecule has 16 heteroatoms. The number of nitrogens with zero attached hydrogens (tertiary/aromatic N) is 5. The largest absolute Gasteiger partial charge is 0.447 e. The number of rotatable bonds is 9. The maximum atomic E-state index is 14.9. The molecule has 266 valence electrons. The lowest BCUT2D eigenvalue weighted by Crippen LogP contribution is -2.50. The molecular formula is C34H38ClF3N8O4. The number of halogens is 4. The number of nitrogens with two attached hydrogens (primary N) is 1. The SMILES string of the molecule is CC(C)(C)C[C@]1(c2ccc(C3CCCC(=O)N3)cc2)N=C(N)N([C@H](COC(=O)NC2(C(F)(F)F)CC2)c2ccc(Cl)c(-n3cncn3)c2)C1=O. The molecule has 2 aliphatic heterocycles. The van der Waals surface area contributed by atoms with Crippen LogP contribution in [-0.2, 0) is 19.9 Å². The Morgan fingerprint density at radius 3 is 2.48 bits per heavy atom. The number of aliphatic imine (C=N–C) groups is 1. The van der Waals surface area contributed by atoms with Crippen LogP contribution >= 0.6 is 11.6 Å². The first kappa shape index (κ1) is 35.2. The van der Waals surface area contributed by atoms with Gasteiger partial charge in [0.15, 0.2) is 11.5 Å². The molecule has 6 rings (SSSR count). The molecule has 4 N–H and O–H groups in total. The van der Waals surface area contributed by atoms with Crippen LogP contribution in [0.5, 0.6) is 0 Å². The molecule has 12 nitrogen and oxygen atoms in total. The van der Waals surface area contributed by atoms with Crippen LogP contribution in [0.3, 0.4) is 0 Å². The van der Waals surface area contributed by atoms with Crippen LogP contribution < -0.4 is 16.4 Å². The highest BCUT2D eigenvalue weighted by molar-refractivity contribution is 6.32. The van der Waals surface area contributed by atoms with Gasteiger partial charge in [-0.25, -0.2) is 19.5 Å². The van der Waals surface area contributed by atoms with E-state index in [0.29, 0.717) is 28.3 Å². The zero-order chi connectivity index (χ0) is 36.1. The van der Waals surface area contributed by atoms with Crippen molar-refractivity contribution >= 4 is 35.5 Å². The number of alkyl halides is 3. The van der Waals surface area contributed by atoms with Crippen molar-refractivity contribution in [1.82, 2.24) is 30.3 Å². The van der Waals surface area contributed by atoms with Crippen LogP contribution in [0.15, 0.2) is 60.1 Å². The molecule has 1 saturated heterocycles. The summed E-state index contributed by atoms with van der Waals surface area (Å²) in [6.45, 7) is 5.33. The van der Waals surface area contributed by atoms with Crippen molar-refractivity contribution in [2.75, 3.05) is 6.61 Å². The summed E-state index contributed by atoms with van der Waals surface area (Å²) in [7, 11) is 0. The number of guanidine groups is 1. The van der Waals surface area contributed by atoms with E-state index >= 15 is 0 Å². The standard InChI is InChI=1S/C34H38ClF3N8O4/c1-31(2,3)17-33(22-10-7-20(8-11-22)24-5-4-6-27(47)42-24)28(48)46(29(39)43-33)26(16-50-30(49)44-32(13-14-32)34(36,37)38)21-9-12-23(35)25(15-21)45-19-40-18-41-45/h7-12,15,18-19,24,26H,4-6,13-14,16-17H2,1-3H3,(H2,39,43)(H,42,47)(H,44,49)/t24?,26-,33-/m1/s1. The second kappa shape index (κ2) is 12.9. The van der Waals surface area contributed by atoms with Crippen molar-refractivity contribution in [1.29, 1.82) is 0 Å². The van der Waals surface area contributed by atoms with Crippen LogP contribution in [-0.4, -0.2) is 61.9 Å². The Hall–Kier alpha value is -4.66. The zero-order valence-electron chi connectivity index (χ0n) is 27.8. The van der Waals surface area contributed by atoms with Gasteiger partial charge in [-0.1, -0.05) is 62.7 Å². The van der Waals surface area contributed by atoms with E-state index in [2.05, 4.69) is 15.4 Å². The minimum atomic E-state index is -4.65. The first-order chi connectivity index (χ1) is 23.5. The first-order valence-electron chi connectivity index (χ1n) is 16.3. The number of ether oxygens (including phenoxy) is 1. The number of alkyl carbamates (subject to hydrolysis) is 1. The minimum Gasteiger partial charge on any atom is -0.447 e. The van der Waals surface area contributed by atoms with Crippen LogP contribution in [0.1, 0.15) is 88.1 Å². The molecule has 3 aromatic rings. The predicted octanol–water partition coefficient (Wildman–Crippen LogP) is 5.61. The summed E-state index contributed by atoms with van der Waals surface area (Å²) < 4.78 is 47.7. The van der Waals surface area contributed by atoms with Crippen molar-refractivity contribution in [3.05, 3.63) is 76.8 Å². The van der Waals surface area contributed by atoms with Gasteiger partial charge in [0.2, 0.25) is 5.91 Å². The summed E-state index contributed by atoms with van der Waals surface area (Å²) in [5.41, 5.74) is 4.54. The second-order valence-corrected chi connectivity index (χ2v) is 14.7. The molecule has 1 saturated carbocycles. The van der Waals surface area contributed by atoms with Crippen LogP contribution in [0.25, 0.3) is 5.69 Å². The lowest BCUT2D eigenvalue weighted by Gasteiger charge is -2.35. The molecule has 3 heterocycles. The Balaban J connectivity index is 1.36. The molecule has 1 aromatic heterocycles. The van der Waals surface area contributed by atoms with Gasteiger partial charge in [0, 0.05) is 6.42 Å². The number of hydrogen-bond donors (Lipinski definition) is 3. The van der Waals surface area contributed by atoms with Crippen molar-refractivity contribution in [3.63, 3.8) is 0 Å². The number of carbonyl (C=O) groups excluding carboxylic acids is 3. The Labute approximate surface area is 291 Å². The summed E-state index contributed by atoms with van der Waals surface area (Å²) in [6.07, 6.45) is -1.47. The molecule has 3 aliphatic rings. The lowest BCUT2D eigenvalue weighted by molar-refractivity contribution is -0.164. The number of aromatic nitrogens is 3. The maximum Gasteiger partial charge on any atom is 0.411 e.